The summed E-state index contributed by atoms with van der Waals surface area (Å²) >= 11 is 1.78. The zero-order chi connectivity index (χ0) is 11.5. The van der Waals surface area contributed by atoms with Gasteiger partial charge in [0.25, 0.3) is 0 Å². The normalized spacial score (nSPS) is 19.4. The topological polar surface area (TPSA) is 27.6 Å². The molecule has 2 rings (SSSR count). The van der Waals surface area contributed by atoms with Crippen molar-refractivity contribution in [3.8, 4) is 0 Å². The lowest BCUT2D eigenvalue weighted by Gasteiger charge is -2.14. The van der Waals surface area contributed by atoms with E-state index in [1.807, 2.05) is 14.1 Å². The fourth-order valence-corrected chi connectivity index (χ4v) is 2.45. The summed E-state index contributed by atoms with van der Waals surface area (Å²) in [6, 6.07) is 8.79. The molecular formula is C12H17N3S. The van der Waals surface area contributed by atoms with Crippen molar-refractivity contribution in [2.24, 2.45) is 4.99 Å². The molecule has 1 aliphatic heterocycles. The van der Waals surface area contributed by atoms with Crippen LogP contribution in [0.4, 0.5) is 11.4 Å². The van der Waals surface area contributed by atoms with Gasteiger partial charge in [-0.3, -0.25) is 4.99 Å². The van der Waals surface area contributed by atoms with Crippen LogP contribution in [0.1, 0.15) is 6.92 Å². The Balaban J connectivity index is 2.10. The van der Waals surface area contributed by atoms with E-state index in [0.29, 0.717) is 6.04 Å². The van der Waals surface area contributed by atoms with Crippen LogP contribution in [0.15, 0.2) is 29.3 Å². The van der Waals surface area contributed by atoms with E-state index in [9.17, 15) is 0 Å². The number of nitrogens with zero attached hydrogens (tertiary/aromatic N) is 2. The quantitative estimate of drug-likeness (QED) is 0.854. The zero-order valence-corrected chi connectivity index (χ0v) is 10.7. The largest absolute Gasteiger partial charge is 0.378 e. The van der Waals surface area contributed by atoms with Gasteiger partial charge in [-0.25, -0.2) is 0 Å². The van der Waals surface area contributed by atoms with Gasteiger partial charge in [0, 0.05) is 31.2 Å². The molecule has 0 spiro atoms. The smallest absolute Gasteiger partial charge is 0.161 e. The second-order valence-electron chi connectivity index (χ2n) is 4.16. The lowest BCUT2D eigenvalue weighted by atomic mass is 10.2. The fourth-order valence-electron chi connectivity index (χ4n) is 1.53. The molecule has 16 heavy (non-hydrogen) atoms. The highest BCUT2D eigenvalue weighted by Gasteiger charge is 2.13. The maximum atomic E-state index is 4.51. The first-order valence-corrected chi connectivity index (χ1v) is 6.39. The molecule has 1 aromatic carbocycles. The standard InChI is InChI=1S/C12H17N3S/c1-9-8-16-12(13-9)14-10-5-4-6-11(7-10)15(2)3/h4-7,9H,8H2,1-3H3,(H,13,14). The summed E-state index contributed by atoms with van der Waals surface area (Å²) in [7, 11) is 4.09. The van der Waals surface area contributed by atoms with Crippen molar-refractivity contribution in [1.82, 2.24) is 0 Å². The number of benzene rings is 1. The van der Waals surface area contributed by atoms with Crippen molar-refractivity contribution in [1.29, 1.82) is 0 Å². The number of anilines is 2. The minimum Gasteiger partial charge on any atom is -0.378 e. The van der Waals surface area contributed by atoms with Gasteiger partial charge in [-0.05, 0) is 25.1 Å². The monoisotopic (exact) mass is 235 g/mol. The molecule has 86 valence electrons. The Labute approximate surface area is 101 Å². The van der Waals surface area contributed by atoms with Crippen LogP contribution in [0.25, 0.3) is 0 Å². The lowest BCUT2D eigenvalue weighted by Crippen LogP contribution is -2.10. The molecule has 1 unspecified atom stereocenters. The molecule has 1 aromatic rings. The predicted molar refractivity (Wildman–Crippen MR) is 73.7 cm³/mol. The van der Waals surface area contributed by atoms with Gasteiger partial charge in [-0.2, -0.15) is 0 Å². The molecule has 0 radical (unpaired) electrons. The molecule has 0 amide bonds. The van der Waals surface area contributed by atoms with E-state index >= 15 is 0 Å². The van der Waals surface area contributed by atoms with Gasteiger partial charge in [-0.1, -0.05) is 17.8 Å². The number of thioether (sulfide) groups is 1. The lowest BCUT2D eigenvalue weighted by molar-refractivity contribution is 0.865. The molecule has 1 aliphatic rings. The van der Waals surface area contributed by atoms with Crippen LogP contribution in [-0.4, -0.2) is 31.1 Å². The maximum absolute atomic E-state index is 4.51. The molecule has 0 aromatic heterocycles. The molecule has 1 N–H and O–H groups in total. The Hall–Kier alpha value is -1.16. The Kier molecular flexibility index (Phi) is 3.39. The van der Waals surface area contributed by atoms with E-state index in [-0.39, 0.29) is 0 Å². The van der Waals surface area contributed by atoms with Crippen molar-refractivity contribution in [2.75, 3.05) is 30.1 Å². The fraction of sp³-hybridized carbons (Fsp3) is 0.417. The molecule has 0 fully saturated rings. The van der Waals surface area contributed by atoms with Crippen LogP contribution < -0.4 is 10.2 Å². The molecule has 1 atom stereocenters. The van der Waals surface area contributed by atoms with E-state index in [4.69, 9.17) is 0 Å². The third-order valence-corrected chi connectivity index (χ3v) is 3.54. The van der Waals surface area contributed by atoms with Crippen molar-refractivity contribution in [2.45, 2.75) is 13.0 Å². The van der Waals surface area contributed by atoms with E-state index in [1.54, 1.807) is 11.8 Å². The Morgan fingerprint density at radius 3 is 2.88 bits per heavy atom. The zero-order valence-electron chi connectivity index (χ0n) is 9.90. The summed E-state index contributed by atoms with van der Waals surface area (Å²) in [6.45, 7) is 2.14. The minimum atomic E-state index is 0.435. The number of nitrogens with one attached hydrogen (secondary N) is 1. The first-order chi connectivity index (χ1) is 7.65. The molecule has 1 heterocycles. The Morgan fingerprint density at radius 1 is 1.44 bits per heavy atom. The molecule has 0 saturated heterocycles. The first-order valence-electron chi connectivity index (χ1n) is 5.40. The summed E-state index contributed by atoms with van der Waals surface area (Å²) in [5.41, 5.74) is 2.30. The second-order valence-corrected chi connectivity index (χ2v) is 5.17. The number of rotatable bonds is 2. The highest BCUT2D eigenvalue weighted by atomic mass is 32.2. The van der Waals surface area contributed by atoms with Crippen molar-refractivity contribution >= 4 is 28.3 Å². The van der Waals surface area contributed by atoms with E-state index in [1.165, 1.54) is 5.69 Å². The van der Waals surface area contributed by atoms with Gasteiger partial charge in [0.2, 0.25) is 0 Å². The van der Waals surface area contributed by atoms with Crippen LogP contribution in [0.2, 0.25) is 0 Å². The van der Waals surface area contributed by atoms with Crippen LogP contribution in [0.5, 0.6) is 0 Å². The summed E-state index contributed by atoms with van der Waals surface area (Å²) in [4.78, 5) is 6.61. The van der Waals surface area contributed by atoms with E-state index in [2.05, 4.69) is 46.4 Å². The van der Waals surface area contributed by atoms with Gasteiger partial charge < -0.3 is 10.2 Å². The Bertz CT molecular complexity index is 401. The van der Waals surface area contributed by atoms with Crippen molar-refractivity contribution in [3.05, 3.63) is 24.3 Å². The van der Waals surface area contributed by atoms with Gasteiger partial charge >= 0.3 is 0 Å². The maximum Gasteiger partial charge on any atom is 0.161 e. The van der Waals surface area contributed by atoms with Gasteiger partial charge in [0.1, 0.15) is 0 Å². The van der Waals surface area contributed by atoms with Crippen molar-refractivity contribution < 1.29 is 0 Å². The van der Waals surface area contributed by atoms with E-state index in [0.717, 1.165) is 16.6 Å². The highest BCUT2D eigenvalue weighted by Crippen LogP contribution is 2.22. The number of amidine groups is 1. The third-order valence-electron chi connectivity index (χ3n) is 2.41. The summed E-state index contributed by atoms with van der Waals surface area (Å²) in [6.07, 6.45) is 0. The van der Waals surface area contributed by atoms with Crippen LogP contribution in [0, 0.1) is 0 Å². The highest BCUT2D eigenvalue weighted by molar-refractivity contribution is 8.14. The summed E-state index contributed by atoms with van der Waals surface area (Å²) in [5.74, 6) is 1.08. The van der Waals surface area contributed by atoms with Crippen LogP contribution in [0.3, 0.4) is 0 Å². The number of hydrogen-bond donors (Lipinski definition) is 1. The second kappa shape index (κ2) is 4.78. The minimum absolute atomic E-state index is 0.435. The van der Waals surface area contributed by atoms with Crippen LogP contribution in [-0.2, 0) is 0 Å². The third kappa shape index (κ3) is 2.70. The van der Waals surface area contributed by atoms with Crippen LogP contribution >= 0.6 is 11.8 Å². The summed E-state index contributed by atoms with van der Waals surface area (Å²) in [5, 5.41) is 4.38. The van der Waals surface area contributed by atoms with Gasteiger partial charge in [0.15, 0.2) is 5.17 Å². The summed E-state index contributed by atoms with van der Waals surface area (Å²) < 4.78 is 0. The molecule has 0 aliphatic carbocycles. The van der Waals surface area contributed by atoms with Crippen molar-refractivity contribution in [3.63, 3.8) is 0 Å². The molecule has 0 bridgehead atoms. The molecule has 3 nitrogen and oxygen atoms in total. The average Bonchev–Trinajstić information content (AvgIpc) is 2.64. The van der Waals surface area contributed by atoms with E-state index < -0.39 is 0 Å². The van der Waals surface area contributed by atoms with Gasteiger partial charge in [-0.15, -0.1) is 0 Å². The first kappa shape index (κ1) is 11.3. The SMILES string of the molecule is CC1CSC(Nc2cccc(N(C)C)c2)=N1. The molecule has 0 saturated carbocycles. The number of aliphatic imine (C=N–C) groups is 1. The molecular weight excluding hydrogens is 218 g/mol. The Morgan fingerprint density at radius 2 is 2.25 bits per heavy atom. The number of hydrogen-bond acceptors (Lipinski definition) is 4. The molecule has 4 heteroatoms. The van der Waals surface area contributed by atoms with Gasteiger partial charge in [0.05, 0.1) is 6.04 Å². The predicted octanol–water partition coefficient (Wildman–Crippen LogP) is 2.66. The average molecular weight is 235 g/mol.